The highest BCUT2D eigenvalue weighted by Crippen LogP contribution is 2.30. The molecular weight excluding hydrogens is 304 g/mol. The molecule has 0 aliphatic carbocycles. The zero-order chi connectivity index (χ0) is 13.7. The Bertz CT molecular complexity index is 605. The van der Waals surface area contributed by atoms with Crippen LogP contribution >= 0.6 is 15.9 Å². The lowest BCUT2D eigenvalue weighted by molar-refractivity contribution is 0.0550. The Morgan fingerprint density at radius 2 is 1.74 bits per heavy atom. The van der Waals surface area contributed by atoms with E-state index < -0.39 is 0 Å². The molecule has 0 heterocycles. The van der Waals surface area contributed by atoms with Crippen LogP contribution in [0.2, 0.25) is 0 Å². The first-order valence-electron chi connectivity index (χ1n) is 5.86. The summed E-state index contributed by atoms with van der Waals surface area (Å²) < 4.78 is 6.05. The van der Waals surface area contributed by atoms with Gasteiger partial charge in [-0.15, -0.1) is 0 Å². The normalized spacial score (nSPS) is 9.95. The molecule has 0 unspecified atom stereocenters. The van der Waals surface area contributed by atoms with Gasteiger partial charge in [-0.2, -0.15) is 0 Å². The van der Waals surface area contributed by atoms with E-state index in [0.717, 1.165) is 15.6 Å². The molecule has 0 spiro atoms. The van der Waals surface area contributed by atoms with Gasteiger partial charge in [0.15, 0.2) is 0 Å². The molecule has 96 valence electrons. The number of carbonyl (C=O) groups excluding carboxylic acids is 1. The molecule has 2 nitrogen and oxygen atoms in total. The Balaban J connectivity index is 2.44. The van der Waals surface area contributed by atoms with E-state index in [1.165, 1.54) is 0 Å². The third-order valence-electron chi connectivity index (χ3n) is 2.64. The molecule has 0 aliphatic rings. The highest BCUT2D eigenvalue weighted by molar-refractivity contribution is 9.10. The monoisotopic (exact) mass is 316 g/mol. The second kappa shape index (κ2) is 6.34. The summed E-state index contributed by atoms with van der Waals surface area (Å²) in [5, 5.41) is 0. The molecule has 0 saturated carbocycles. The number of esters is 1. The lowest BCUT2D eigenvalue weighted by atomic mass is 10.00. The topological polar surface area (TPSA) is 26.3 Å². The Morgan fingerprint density at radius 1 is 1.11 bits per heavy atom. The summed E-state index contributed by atoms with van der Waals surface area (Å²) in [6.45, 7) is 3.75. The standard InChI is InChI=1S/C16H13BrO2/c1-2-11-19-16(18)14-9-4-3-7-12(14)13-8-5-6-10-15(13)17/h2-10H,1,11H2. The van der Waals surface area contributed by atoms with Gasteiger partial charge >= 0.3 is 5.97 Å². The third-order valence-corrected chi connectivity index (χ3v) is 3.33. The van der Waals surface area contributed by atoms with Gasteiger partial charge in [-0.05, 0) is 23.3 Å². The summed E-state index contributed by atoms with van der Waals surface area (Å²) in [5.74, 6) is -0.341. The maximum atomic E-state index is 12.0. The molecule has 0 aromatic heterocycles. The fourth-order valence-corrected chi connectivity index (χ4v) is 2.29. The highest BCUT2D eigenvalue weighted by atomic mass is 79.9. The lowest BCUT2D eigenvalue weighted by Gasteiger charge is -2.10. The van der Waals surface area contributed by atoms with Crippen LogP contribution in [-0.4, -0.2) is 12.6 Å². The van der Waals surface area contributed by atoms with Crippen molar-refractivity contribution >= 4 is 21.9 Å². The number of hydrogen-bond donors (Lipinski definition) is 0. The minimum atomic E-state index is -0.341. The van der Waals surface area contributed by atoms with Crippen molar-refractivity contribution in [2.75, 3.05) is 6.61 Å². The van der Waals surface area contributed by atoms with Crippen LogP contribution in [-0.2, 0) is 4.74 Å². The number of hydrogen-bond acceptors (Lipinski definition) is 2. The van der Waals surface area contributed by atoms with Crippen LogP contribution in [0.25, 0.3) is 11.1 Å². The van der Waals surface area contributed by atoms with Gasteiger partial charge in [0.05, 0.1) is 5.56 Å². The van der Waals surface area contributed by atoms with Crippen LogP contribution in [0.15, 0.2) is 65.7 Å². The number of carbonyl (C=O) groups is 1. The van der Waals surface area contributed by atoms with Gasteiger partial charge in [0.2, 0.25) is 0 Å². The van der Waals surface area contributed by atoms with E-state index in [9.17, 15) is 4.79 Å². The molecule has 2 aromatic rings. The smallest absolute Gasteiger partial charge is 0.339 e. The maximum absolute atomic E-state index is 12.0. The summed E-state index contributed by atoms with van der Waals surface area (Å²) >= 11 is 3.50. The summed E-state index contributed by atoms with van der Waals surface area (Å²) in [4.78, 5) is 12.0. The van der Waals surface area contributed by atoms with Crippen molar-refractivity contribution in [2.45, 2.75) is 0 Å². The summed E-state index contributed by atoms with van der Waals surface area (Å²) in [5.41, 5.74) is 2.37. The largest absolute Gasteiger partial charge is 0.458 e. The number of halogens is 1. The second-order valence-electron chi connectivity index (χ2n) is 3.91. The van der Waals surface area contributed by atoms with Gasteiger partial charge in [0, 0.05) is 4.47 Å². The highest BCUT2D eigenvalue weighted by Gasteiger charge is 2.14. The molecule has 0 N–H and O–H groups in total. The van der Waals surface area contributed by atoms with Crippen molar-refractivity contribution < 1.29 is 9.53 Å². The van der Waals surface area contributed by atoms with Crippen molar-refractivity contribution in [2.24, 2.45) is 0 Å². The Morgan fingerprint density at radius 3 is 2.42 bits per heavy atom. The van der Waals surface area contributed by atoms with E-state index >= 15 is 0 Å². The number of benzene rings is 2. The number of rotatable bonds is 4. The van der Waals surface area contributed by atoms with Crippen molar-refractivity contribution in [3.63, 3.8) is 0 Å². The molecule has 0 saturated heterocycles. The zero-order valence-corrected chi connectivity index (χ0v) is 11.9. The van der Waals surface area contributed by atoms with Crippen molar-refractivity contribution in [1.82, 2.24) is 0 Å². The molecular formula is C16H13BrO2. The van der Waals surface area contributed by atoms with Crippen LogP contribution in [0.1, 0.15) is 10.4 Å². The average molecular weight is 317 g/mol. The summed E-state index contributed by atoms with van der Waals surface area (Å²) in [7, 11) is 0. The minimum Gasteiger partial charge on any atom is -0.458 e. The lowest BCUT2D eigenvalue weighted by Crippen LogP contribution is -2.06. The van der Waals surface area contributed by atoms with E-state index in [1.807, 2.05) is 42.5 Å². The van der Waals surface area contributed by atoms with E-state index in [1.54, 1.807) is 12.1 Å². The van der Waals surface area contributed by atoms with Crippen molar-refractivity contribution in [3.05, 3.63) is 71.2 Å². The van der Waals surface area contributed by atoms with Gasteiger partial charge in [-0.3, -0.25) is 0 Å². The van der Waals surface area contributed by atoms with E-state index in [4.69, 9.17) is 4.74 Å². The average Bonchev–Trinajstić information content (AvgIpc) is 2.45. The van der Waals surface area contributed by atoms with Gasteiger partial charge < -0.3 is 4.74 Å². The van der Waals surface area contributed by atoms with Crippen LogP contribution in [0.4, 0.5) is 0 Å². The molecule has 3 heteroatoms. The Hall–Kier alpha value is -1.87. The van der Waals surface area contributed by atoms with Crippen LogP contribution in [0, 0.1) is 0 Å². The Labute approximate surface area is 120 Å². The van der Waals surface area contributed by atoms with E-state index in [0.29, 0.717) is 5.56 Å². The quantitative estimate of drug-likeness (QED) is 0.615. The predicted molar refractivity (Wildman–Crippen MR) is 80.1 cm³/mol. The maximum Gasteiger partial charge on any atom is 0.339 e. The molecule has 0 amide bonds. The summed E-state index contributed by atoms with van der Waals surface area (Å²) in [6, 6.07) is 15.2. The molecule has 2 rings (SSSR count). The molecule has 0 fully saturated rings. The van der Waals surface area contributed by atoms with Crippen LogP contribution in [0.5, 0.6) is 0 Å². The van der Waals surface area contributed by atoms with Crippen LogP contribution < -0.4 is 0 Å². The van der Waals surface area contributed by atoms with E-state index in [2.05, 4.69) is 22.5 Å². The first-order valence-corrected chi connectivity index (χ1v) is 6.65. The first-order chi connectivity index (χ1) is 9.24. The predicted octanol–water partition coefficient (Wildman–Crippen LogP) is 4.46. The molecule has 19 heavy (non-hydrogen) atoms. The molecule has 0 aliphatic heterocycles. The zero-order valence-electron chi connectivity index (χ0n) is 10.3. The molecule has 0 radical (unpaired) electrons. The molecule has 0 atom stereocenters. The van der Waals surface area contributed by atoms with Gasteiger partial charge in [0.25, 0.3) is 0 Å². The van der Waals surface area contributed by atoms with Gasteiger partial charge in [-0.1, -0.05) is 65.0 Å². The van der Waals surface area contributed by atoms with E-state index in [-0.39, 0.29) is 12.6 Å². The fourth-order valence-electron chi connectivity index (χ4n) is 1.79. The molecule has 2 aromatic carbocycles. The van der Waals surface area contributed by atoms with Crippen LogP contribution in [0.3, 0.4) is 0 Å². The fraction of sp³-hybridized carbons (Fsp3) is 0.0625. The number of ether oxygens (including phenoxy) is 1. The first kappa shape index (κ1) is 13.6. The van der Waals surface area contributed by atoms with Gasteiger partial charge in [-0.25, -0.2) is 4.79 Å². The molecule has 0 bridgehead atoms. The Kier molecular flexibility index (Phi) is 4.53. The van der Waals surface area contributed by atoms with Crippen molar-refractivity contribution in [3.8, 4) is 11.1 Å². The SMILES string of the molecule is C=CCOC(=O)c1ccccc1-c1ccccc1Br. The second-order valence-corrected chi connectivity index (χ2v) is 4.77. The minimum absolute atomic E-state index is 0.211. The summed E-state index contributed by atoms with van der Waals surface area (Å²) in [6.07, 6.45) is 1.55. The third kappa shape index (κ3) is 3.12. The van der Waals surface area contributed by atoms with Crippen molar-refractivity contribution in [1.29, 1.82) is 0 Å². The van der Waals surface area contributed by atoms with Gasteiger partial charge in [0.1, 0.15) is 6.61 Å².